The van der Waals surface area contributed by atoms with Crippen molar-refractivity contribution in [3.63, 3.8) is 0 Å². The van der Waals surface area contributed by atoms with Crippen LogP contribution in [0.15, 0.2) is 18.2 Å². The molecule has 1 amide bonds. The third-order valence-corrected chi connectivity index (χ3v) is 6.31. The summed E-state index contributed by atoms with van der Waals surface area (Å²) in [4.78, 5) is 23.1. The summed E-state index contributed by atoms with van der Waals surface area (Å²) in [5, 5.41) is 3.23. The summed E-state index contributed by atoms with van der Waals surface area (Å²) >= 11 is 0. The van der Waals surface area contributed by atoms with Crippen LogP contribution in [0.5, 0.6) is 0 Å². The average molecular weight is 369 g/mol. The van der Waals surface area contributed by atoms with E-state index in [1.165, 1.54) is 37.7 Å². The van der Waals surface area contributed by atoms with Crippen molar-refractivity contribution in [1.29, 1.82) is 0 Å². The molecule has 2 fully saturated rings. The molecule has 0 bridgehead atoms. The van der Waals surface area contributed by atoms with Gasteiger partial charge in [0, 0.05) is 12.5 Å². The summed E-state index contributed by atoms with van der Waals surface area (Å²) in [6.45, 7) is 5.76. The number of piperidine rings is 1. The number of benzene rings is 1. The molecule has 1 aliphatic carbocycles. The zero-order valence-corrected chi connectivity index (χ0v) is 16.5. The molecule has 2 N–H and O–H groups in total. The fraction of sp³-hybridized carbons (Fsp3) is 0.636. The van der Waals surface area contributed by atoms with Gasteiger partial charge in [-0.25, -0.2) is 4.98 Å². The number of aromatic nitrogens is 2. The molecule has 27 heavy (non-hydrogen) atoms. The summed E-state index contributed by atoms with van der Waals surface area (Å²) in [6.07, 6.45) is 8.52. The van der Waals surface area contributed by atoms with Crippen LogP contribution >= 0.6 is 0 Å². The van der Waals surface area contributed by atoms with E-state index in [0.29, 0.717) is 5.92 Å². The topological polar surface area (TPSA) is 61.0 Å². The lowest BCUT2D eigenvalue weighted by molar-refractivity contribution is -0.126. The van der Waals surface area contributed by atoms with Crippen LogP contribution in [0.4, 0.5) is 0 Å². The molecule has 0 radical (unpaired) electrons. The van der Waals surface area contributed by atoms with E-state index in [-0.39, 0.29) is 11.8 Å². The molecule has 1 saturated carbocycles. The maximum atomic E-state index is 12.5. The first kappa shape index (κ1) is 18.5. The van der Waals surface area contributed by atoms with E-state index in [2.05, 4.69) is 40.3 Å². The summed E-state index contributed by atoms with van der Waals surface area (Å²) in [5.74, 6) is 2.19. The van der Waals surface area contributed by atoms with Crippen LogP contribution in [0.3, 0.4) is 0 Å². The minimum atomic E-state index is 0.183. The number of hydrogen-bond donors (Lipinski definition) is 2. The maximum Gasteiger partial charge on any atom is 0.223 e. The maximum absolute atomic E-state index is 12.5. The average Bonchev–Trinajstić information content (AvgIpc) is 3.09. The smallest absolute Gasteiger partial charge is 0.223 e. The van der Waals surface area contributed by atoms with Gasteiger partial charge in [0.25, 0.3) is 0 Å². The van der Waals surface area contributed by atoms with Crippen molar-refractivity contribution in [3.05, 3.63) is 29.6 Å². The Balaban J connectivity index is 1.23. The van der Waals surface area contributed by atoms with Gasteiger partial charge < -0.3 is 10.3 Å². The van der Waals surface area contributed by atoms with Crippen LogP contribution in [0, 0.1) is 18.8 Å². The van der Waals surface area contributed by atoms with Crippen LogP contribution in [0.2, 0.25) is 0 Å². The van der Waals surface area contributed by atoms with Gasteiger partial charge in [-0.1, -0.05) is 25.3 Å². The summed E-state index contributed by atoms with van der Waals surface area (Å²) in [7, 11) is 0. The Kier molecular flexibility index (Phi) is 5.77. The first-order valence-corrected chi connectivity index (χ1v) is 10.6. The molecule has 2 aliphatic rings. The second-order valence-corrected chi connectivity index (χ2v) is 8.50. The fourth-order valence-electron chi connectivity index (χ4n) is 4.60. The number of amides is 1. The van der Waals surface area contributed by atoms with Crippen molar-refractivity contribution in [1.82, 2.24) is 20.2 Å². The van der Waals surface area contributed by atoms with E-state index in [1.807, 2.05) is 0 Å². The third kappa shape index (κ3) is 4.70. The lowest BCUT2D eigenvalue weighted by atomic mass is 9.89. The quantitative estimate of drug-likeness (QED) is 0.844. The number of H-pyrrole nitrogens is 1. The molecule has 0 unspecified atom stereocenters. The second-order valence-electron chi connectivity index (χ2n) is 8.50. The van der Waals surface area contributed by atoms with Gasteiger partial charge in [0.05, 0.1) is 17.6 Å². The van der Waals surface area contributed by atoms with Crippen molar-refractivity contribution < 1.29 is 4.79 Å². The standard InChI is InChI=1S/C22H32N4O/c1-16-7-8-19-20(13-16)25-21(24-19)15-26-11-9-18(10-12-26)22(27)23-14-17-5-3-2-4-6-17/h7-8,13,17-18H,2-6,9-12,14-15H2,1H3,(H,23,27)(H,24,25). The number of likely N-dealkylation sites (tertiary alicyclic amines) is 1. The highest BCUT2D eigenvalue weighted by atomic mass is 16.1. The Morgan fingerprint density at radius 2 is 1.96 bits per heavy atom. The highest BCUT2D eigenvalue weighted by Gasteiger charge is 2.26. The number of rotatable bonds is 5. The van der Waals surface area contributed by atoms with Crippen molar-refractivity contribution in [2.24, 2.45) is 11.8 Å². The number of nitrogens with one attached hydrogen (secondary N) is 2. The Morgan fingerprint density at radius 1 is 1.19 bits per heavy atom. The predicted octanol–water partition coefficient (Wildman–Crippen LogP) is 3.78. The van der Waals surface area contributed by atoms with Crippen molar-refractivity contribution in [2.75, 3.05) is 19.6 Å². The predicted molar refractivity (Wildman–Crippen MR) is 108 cm³/mol. The molecule has 0 atom stereocenters. The second kappa shape index (κ2) is 8.42. The molecule has 146 valence electrons. The number of aromatic amines is 1. The van der Waals surface area contributed by atoms with Gasteiger partial charge >= 0.3 is 0 Å². The van der Waals surface area contributed by atoms with E-state index >= 15 is 0 Å². The largest absolute Gasteiger partial charge is 0.356 e. The minimum absolute atomic E-state index is 0.183. The molecular weight excluding hydrogens is 336 g/mol. The number of imidazole rings is 1. The molecule has 5 nitrogen and oxygen atoms in total. The zero-order chi connectivity index (χ0) is 18.6. The molecular formula is C22H32N4O. The van der Waals surface area contributed by atoms with Crippen molar-refractivity contribution in [3.8, 4) is 0 Å². The van der Waals surface area contributed by atoms with Crippen molar-refractivity contribution >= 4 is 16.9 Å². The van der Waals surface area contributed by atoms with Gasteiger partial charge in [0.15, 0.2) is 0 Å². The molecule has 4 rings (SSSR count). The van der Waals surface area contributed by atoms with Crippen LogP contribution < -0.4 is 5.32 Å². The normalized spacial score (nSPS) is 20.2. The summed E-state index contributed by atoms with van der Waals surface area (Å²) in [5.41, 5.74) is 3.40. The van der Waals surface area contributed by atoms with Gasteiger partial charge in [-0.3, -0.25) is 9.69 Å². The molecule has 0 spiro atoms. The first-order chi connectivity index (χ1) is 13.2. The van der Waals surface area contributed by atoms with Gasteiger partial charge in [-0.05, 0) is 69.3 Å². The zero-order valence-electron chi connectivity index (χ0n) is 16.5. The van der Waals surface area contributed by atoms with Crippen LogP contribution in [0.1, 0.15) is 56.3 Å². The first-order valence-electron chi connectivity index (χ1n) is 10.6. The SMILES string of the molecule is Cc1ccc2nc(CN3CCC(C(=O)NCC4CCCCC4)CC3)[nH]c2c1. The van der Waals surface area contributed by atoms with Gasteiger partial charge in [0.1, 0.15) is 5.82 Å². The van der Waals surface area contributed by atoms with E-state index in [0.717, 1.165) is 55.9 Å². The molecule has 2 aromatic rings. The number of hydrogen-bond acceptors (Lipinski definition) is 3. The van der Waals surface area contributed by atoms with Gasteiger partial charge in [-0.15, -0.1) is 0 Å². The van der Waals surface area contributed by atoms with Gasteiger partial charge in [0.2, 0.25) is 5.91 Å². The summed E-state index contributed by atoms with van der Waals surface area (Å²) in [6, 6.07) is 6.33. The highest BCUT2D eigenvalue weighted by Crippen LogP contribution is 2.24. The Morgan fingerprint density at radius 3 is 2.74 bits per heavy atom. The van der Waals surface area contributed by atoms with E-state index in [4.69, 9.17) is 4.98 Å². The lowest BCUT2D eigenvalue weighted by Gasteiger charge is -2.31. The summed E-state index contributed by atoms with van der Waals surface area (Å²) < 4.78 is 0. The number of nitrogens with zero attached hydrogens (tertiary/aromatic N) is 2. The number of carbonyl (C=O) groups is 1. The number of aryl methyl sites for hydroxylation is 1. The van der Waals surface area contributed by atoms with Crippen LogP contribution in [-0.2, 0) is 11.3 Å². The van der Waals surface area contributed by atoms with Crippen LogP contribution in [0.25, 0.3) is 11.0 Å². The highest BCUT2D eigenvalue weighted by molar-refractivity contribution is 5.78. The fourth-order valence-corrected chi connectivity index (χ4v) is 4.60. The molecule has 1 aliphatic heterocycles. The molecule has 1 saturated heterocycles. The van der Waals surface area contributed by atoms with E-state index < -0.39 is 0 Å². The number of carbonyl (C=O) groups excluding carboxylic acids is 1. The molecule has 1 aromatic carbocycles. The molecule has 2 heterocycles. The van der Waals surface area contributed by atoms with E-state index in [1.54, 1.807) is 0 Å². The van der Waals surface area contributed by atoms with Gasteiger partial charge in [-0.2, -0.15) is 0 Å². The minimum Gasteiger partial charge on any atom is -0.356 e. The monoisotopic (exact) mass is 368 g/mol. The Bertz CT molecular complexity index is 770. The lowest BCUT2D eigenvalue weighted by Crippen LogP contribution is -2.41. The Hall–Kier alpha value is -1.88. The number of fused-ring (bicyclic) bond motifs is 1. The third-order valence-electron chi connectivity index (χ3n) is 6.31. The molecule has 5 heteroatoms. The molecule has 1 aromatic heterocycles. The Labute approximate surface area is 161 Å². The van der Waals surface area contributed by atoms with Crippen molar-refractivity contribution in [2.45, 2.75) is 58.4 Å². The van der Waals surface area contributed by atoms with E-state index in [9.17, 15) is 4.79 Å². The van der Waals surface area contributed by atoms with Crippen LogP contribution in [-0.4, -0.2) is 40.4 Å².